The monoisotopic (exact) mass is 421 g/mol. The van der Waals surface area contributed by atoms with Crippen LogP contribution in [0.1, 0.15) is 62.8 Å². The second-order valence-electron chi connectivity index (χ2n) is 7.98. The van der Waals surface area contributed by atoms with E-state index in [0.29, 0.717) is 30.2 Å². The second-order valence-corrected chi connectivity index (χ2v) is 8.42. The number of carbonyl (C=O) groups excluding carboxylic acids is 1. The highest BCUT2D eigenvalue weighted by atomic mass is 35.5. The molecule has 1 saturated carbocycles. The Labute approximate surface area is 178 Å². The van der Waals surface area contributed by atoms with Crippen LogP contribution in [-0.4, -0.2) is 48.5 Å². The number of aliphatic hydroxyl groups excluding tert-OH is 1. The molecule has 1 N–H and O–H groups in total. The van der Waals surface area contributed by atoms with Crippen LogP contribution < -0.4 is 0 Å². The first-order valence-electron chi connectivity index (χ1n) is 10.7. The average Bonchev–Trinajstić information content (AvgIpc) is 2.76. The lowest BCUT2D eigenvalue weighted by atomic mass is 9.92. The van der Waals surface area contributed by atoms with Crippen molar-refractivity contribution in [3.8, 4) is 0 Å². The van der Waals surface area contributed by atoms with Gasteiger partial charge in [-0.05, 0) is 49.5 Å². The first-order chi connectivity index (χ1) is 14.1. The summed E-state index contributed by atoms with van der Waals surface area (Å²) in [4.78, 5) is 15.0. The summed E-state index contributed by atoms with van der Waals surface area (Å²) >= 11 is 6.04. The Morgan fingerprint density at radius 2 is 1.93 bits per heavy atom. The van der Waals surface area contributed by atoms with Crippen LogP contribution in [-0.2, 0) is 14.3 Å². The number of halogens is 1. The third-order valence-electron chi connectivity index (χ3n) is 5.87. The smallest absolute Gasteiger partial charge is 0.288 e. The van der Waals surface area contributed by atoms with E-state index in [-0.39, 0.29) is 24.5 Å². The number of hydrogen-bond acceptors (Lipinski definition) is 4. The number of unbranched alkanes of at least 4 members (excludes halogenated alkanes) is 1. The number of amides is 1. The Hall–Kier alpha value is -1.56. The van der Waals surface area contributed by atoms with Crippen LogP contribution in [0.5, 0.6) is 0 Å². The molecular weight excluding hydrogens is 390 g/mol. The van der Waals surface area contributed by atoms with Gasteiger partial charge in [-0.15, -0.1) is 0 Å². The van der Waals surface area contributed by atoms with Crippen LogP contribution in [0.4, 0.5) is 0 Å². The molecule has 0 bridgehead atoms. The van der Waals surface area contributed by atoms with Gasteiger partial charge in [0.25, 0.3) is 5.91 Å². The molecule has 1 aromatic rings. The van der Waals surface area contributed by atoms with E-state index in [2.05, 4.69) is 0 Å². The molecule has 2 aliphatic rings. The van der Waals surface area contributed by atoms with Crippen LogP contribution in [0.15, 0.2) is 36.1 Å². The van der Waals surface area contributed by atoms with Gasteiger partial charge in [0.05, 0.1) is 6.61 Å². The molecule has 1 fully saturated rings. The van der Waals surface area contributed by atoms with Gasteiger partial charge >= 0.3 is 0 Å². The van der Waals surface area contributed by atoms with Crippen molar-refractivity contribution in [2.24, 2.45) is 0 Å². The molecule has 0 aromatic heterocycles. The number of benzene rings is 1. The zero-order chi connectivity index (χ0) is 20.6. The Morgan fingerprint density at radius 1 is 1.21 bits per heavy atom. The Morgan fingerprint density at radius 3 is 2.62 bits per heavy atom. The van der Waals surface area contributed by atoms with E-state index in [1.54, 1.807) is 0 Å². The van der Waals surface area contributed by atoms with Gasteiger partial charge in [-0.3, -0.25) is 4.79 Å². The van der Waals surface area contributed by atoms with Crippen LogP contribution in [0.25, 0.3) is 0 Å². The molecule has 6 heteroatoms. The predicted molar refractivity (Wildman–Crippen MR) is 114 cm³/mol. The third kappa shape index (κ3) is 6.21. The SMILES string of the molecule is CN(C(=O)C1=C[C@@H](c2ccc(Cl)cc2)C[C@@H](OCCCCO)O1)C1CCCCC1. The largest absolute Gasteiger partial charge is 0.459 e. The topological polar surface area (TPSA) is 59.0 Å². The van der Waals surface area contributed by atoms with Gasteiger partial charge in [0.1, 0.15) is 0 Å². The zero-order valence-corrected chi connectivity index (χ0v) is 17.9. The highest BCUT2D eigenvalue weighted by Crippen LogP contribution is 2.33. The number of hydrogen-bond donors (Lipinski definition) is 1. The number of nitrogens with zero attached hydrogens (tertiary/aromatic N) is 1. The molecule has 160 valence electrons. The lowest BCUT2D eigenvalue weighted by Gasteiger charge is -2.34. The summed E-state index contributed by atoms with van der Waals surface area (Å²) in [7, 11) is 1.88. The summed E-state index contributed by atoms with van der Waals surface area (Å²) in [5.74, 6) is 0.332. The van der Waals surface area contributed by atoms with Crippen LogP contribution >= 0.6 is 11.6 Å². The lowest BCUT2D eigenvalue weighted by molar-refractivity contribution is -0.153. The third-order valence-corrected chi connectivity index (χ3v) is 6.12. The number of likely N-dealkylation sites (N-methyl/N-ethyl adjacent to an activating group) is 1. The van der Waals surface area contributed by atoms with Crippen molar-refractivity contribution in [3.05, 3.63) is 46.7 Å². The molecular formula is C23H32ClNO4. The molecule has 0 radical (unpaired) electrons. The van der Waals surface area contributed by atoms with Crippen molar-refractivity contribution >= 4 is 17.5 Å². The molecule has 0 spiro atoms. The normalized spacial score (nSPS) is 22.7. The van der Waals surface area contributed by atoms with Gasteiger partial charge in [-0.2, -0.15) is 0 Å². The molecule has 29 heavy (non-hydrogen) atoms. The maximum Gasteiger partial charge on any atom is 0.288 e. The van der Waals surface area contributed by atoms with Crippen molar-refractivity contribution in [1.82, 2.24) is 4.90 Å². The minimum absolute atomic E-state index is 0.0302. The molecule has 3 rings (SSSR count). The highest BCUT2D eigenvalue weighted by molar-refractivity contribution is 6.30. The molecule has 2 atom stereocenters. The summed E-state index contributed by atoms with van der Waals surface area (Å²) in [6.45, 7) is 0.649. The minimum Gasteiger partial charge on any atom is -0.459 e. The van der Waals surface area contributed by atoms with Gasteiger partial charge in [-0.25, -0.2) is 0 Å². The van der Waals surface area contributed by atoms with E-state index < -0.39 is 6.29 Å². The first-order valence-corrected chi connectivity index (χ1v) is 11.1. The van der Waals surface area contributed by atoms with Gasteiger partial charge in [0, 0.05) is 37.1 Å². The quantitative estimate of drug-likeness (QED) is 0.621. The maximum absolute atomic E-state index is 13.2. The zero-order valence-electron chi connectivity index (χ0n) is 17.2. The molecule has 1 aliphatic heterocycles. The van der Waals surface area contributed by atoms with Crippen LogP contribution in [0.3, 0.4) is 0 Å². The van der Waals surface area contributed by atoms with Gasteiger partial charge in [-0.1, -0.05) is 43.0 Å². The number of aliphatic hydroxyl groups is 1. The number of allylic oxidation sites excluding steroid dienone is 1. The van der Waals surface area contributed by atoms with Crippen molar-refractivity contribution in [2.45, 2.75) is 69.6 Å². The molecule has 1 aromatic carbocycles. The summed E-state index contributed by atoms with van der Waals surface area (Å²) in [5.41, 5.74) is 1.09. The van der Waals surface area contributed by atoms with Crippen molar-refractivity contribution < 1.29 is 19.4 Å². The first kappa shape index (κ1) is 22.1. The highest BCUT2D eigenvalue weighted by Gasteiger charge is 2.32. The van der Waals surface area contributed by atoms with Crippen LogP contribution in [0.2, 0.25) is 5.02 Å². The molecule has 0 saturated heterocycles. The fourth-order valence-corrected chi connectivity index (χ4v) is 4.22. The molecule has 1 heterocycles. The Balaban J connectivity index is 1.74. The van der Waals surface area contributed by atoms with E-state index in [1.165, 1.54) is 19.3 Å². The van der Waals surface area contributed by atoms with E-state index in [1.807, 2.05) is 42.3 Å². The van der Waals surface area contributed by atoms with E-state index in [0.717, 1.165) is 24.8 Å². The molecule has 1 aliphatic carbocycles. The standard InChI is InChI=1S/C23H32ClNO4/c1-25(20-7-3-2-4-8-20)23(27)21-15-18(17-9-11-19(24)12-10-17)16-22(29-21)28-14-6-5-13-26/h9-12,15,18,20,22,26H,2-8,13-14,16H2,1H3/t18-,22+/m1/s1. The van der Waals surface area contributed by atoms with Crippen molar-refractivity contribution in [2.75, 3.05) is 20.3 Å². The van der Waals surface area contributed by atoms with Gasteiger partial charge in [0.15, 0.2) is 5.76 Å². The lowest BCUT2D eigenvalue weighted by Crippen LogP contribution is -2.41. The minimum atomic E-state index is -0.474. The van der Waals surface area contributed by atoms with Crippen molar-refractivity contribution in [3.63, 3.8) is 0 Å². The maximum atomic E-state index is 13.2. The van der Waals surface area contributed by atoms with Gasteiger partial charge < -0.3 is 19.5 Å². The average molecular weight is 422 g/mol. The summed E-state index contributed by atoms with van der Waals surface area (Å²) < 4.78 is 11.9. The summed E-state index contributed by atoms with van der Waals surface area (Å²) in [6, 6.07) is 8.00. The van der Waals surface area contributed by atoms with Crippen molar-refractivity contribution in [1.29, 1.82) is 0 Å². The van der Waals surface area contributed by atoms with E-state index >= 15 is 0 Å². The molecule has 1 amide bonds. The molecule has 5 nitrogen and oxygen atoms in total. The van der Waals surface area contributed by atoms with Crippen LogP contribution in [0, 0.1) is 0 Å². The fraction of sp³-hybridized carbons (Fsp3) is 0.609. The predicted octanol–water partition coefficient (Wildman–Crippen LogP) is 4.63. The van der Waals surface area contributed by atoms with E-state index in [4.69, 9.17) is 26.2 Å². The number of rotatable bonds is 8. The number of carbonyl (C=O) groups is 1. The fourth-order valence-electron chi connectivity index (χ4n) is 4.09. The Bertz CT molecular complexity index is 685. The molecule has 0 unspecified atom stereocenters. The van der Waals surface area contributed by atoms with Gasteiger partial charge in [0.2, 0.25) is 6.29 Å². The Kier molecular flexibility index (Phi) is 8.40. The van der Waals surface area contributed by atoms with E-state index in [9.17, 15) is 4.79 Å². The summed E-state index contributed by atoms with van der Waals surface area (Å²) in [5, 5.41) is 9.65. The summed E-state index contributed by atoms with van der Waals surface area (Å²) in [6.07, 6.45) is 9.25. The second kappa shape index (κ2) is 11.0. The number of ether oxygens (including phenoxy) is 2.